The number of hydrogen-bond acceptors (Lipinski definition) is 4. The number of aryl methyl sites for hydroxylation is 2. The van der Waals surface area contributed by atoms with E-state index < -0.39 is 5.92 Å². The molecule has 1 saturated heterocycles. The van der Waals surface area contributed by atoms with E-state index >= 15 is 0 Å². The zero-order chi connectivity index (χ0) is 24.4. The second kappa shape index (κ2) is 8.36. The fourth-order valence-corrected chi connectivity index (χ4v) is 7.61. The predicted molar refractivity (Wildman–Crippen MR) is 128 cm³/mol. The number of carbonyl (C=O) groups excluding carboxylic acids is 1. The van der Waals surface area contributed by atoms with Crippen LogP contribution in [-0.2, 0) is 4.79 Å². The maximum Gasteiger partial charge on any atom is 0.248 e. The number of hydrogen-bond donors (Lipinski definition) is 1. The van der Waals surface area contributed by atoms with Gasteiger partial charge in [-0.3, -0.25) is 9.69 Å². The Balaban J connectivity index is 1.11. The first-order valence-corrected chi connectivity index (χ1v) is 13.2. The second-order valence-corrected chi connectivity index (χ2v) is 11.2. The van der Waals surface area contributed by atoms with Gasteiger partial charge in [-0.1, -0.05) is 30.3 Å². The van der Waals surface area contributed by atoms with E-state index in [-0.39, 0.29) is 43.6 Å². The highest BCUT2D eigenvalue weighted by Crippen LogP contribution is 2.72. The Morgan fingerprint density at radius 2 is 1.71 bits per heavy atom. The summed E-state index contributed by atoms with van der Waals surface area (Å²) in [7, 11) is 0. The molecule has 188 valence electrons. The van der Waals surface area contributed by atoms with E-state index in [0.29, 0.717) is 23.5 Å². The lowest BCUT2D eigenvalue weighted by atomic mass is 9.40. The Morgan fingerprint density at radius 3 is 2.31 bits per heavy atom. The van der Waals surface area contributed by atoms with Crippen LogP contribution < -0.4 is 5.32 Å². The third-order valence-corrected chi connectivity index (χ3v) is 9.59. The van der Waals surface area contributed by atoms with E-state index in [2.05, 4.69) is 51.0 Å². The Labute approximate surface area is 205 Å². The predicted octanol–water partition coefficient (Wildman–Crippen LogP) is 4.75. The molecule has 6 rings (SSSR count). The standard InChI is InChI=1S/C27H35F2N5O/c1-17-31-32-18(2)34(17)24-16-23-27(24)14-10-22(27)33(23)15-11-21(19-6-4-3-5-7-19)30-25(35)20-8-12-26(28,29)13-9-20/h3-7,20-24H,8-16H2,1-2H3,(H,30,35)/t21-,22?,23?,24?,27?/m0/s1. The van der Waals surface area contributed by atoms with Gasteiger partial charge in [0.1, 0.15) is 11.6 Å². The number of benzene rings is 1. The summed E-state index contributed by atoms with van der Waals surface area (Å²) in [6.07, 6.45) is 4.62. The van der Waals surface area contributed by atoms with Gasteiger partial charge in [0.15, 0.2) is 0 Å². The van der Waals surface area contributed by atoms with Crippen LogP contribution in [0.3, 0.4) is 0 Å². The van der Waals surface area contributed by atoms with Crippen molar-refractivity contribution < 1.29 is 13.6 Å². The molecule has 4 aliphatic rings. The summed E-state index contributed by atoms with van der Waals surface area (Å²) in [5.41, 5.74) is 1.46. The van der Waals surface area contributed by atoms with Crippen LogP contribution in [0.25, 0.3) is 0 Å². The van der Waals surface area contributed by atoms with E-state index in [1.54, 1.807) is 0 Å². The molecule has 2 heterocycles. The molecule has 2 aromatic rings. The fourth-order valence-electron chi connectivity index (χ4n) is 7.61. The summed E-state index contributed by atoms with van der Waals surface area (Å²) in [6, 6.07) is 11.7. The number of amides is 1. The van der Waals surface area contributed by atoms with Gasteiger partial charge in [-0.05, 0) is 57.9 Å². The number of halogens is 2. The zero-order valence-corrected chi connectivity index (χ0v) is 20.6. The van der Waals surface area contributed by atoms with Gasteiger partial charge in [0.2, 0.25) is 11.8 Å². The number of piperidine rings is 2. The highest BCUT2D eigenvalue weighted by atomic mass is 19.3. The lowest BCUT2D eigenvalue weighted by molar-refractivity contribution is -0.295. The average molecular weight is 484 g/mol. The van der Waals surface area contributed by atoms with Gasteiger partial charge < -0.3 is 9.88 Å². The van der Waals surface area contributed by atoms with Crippen LogP contribution in [0.2, 0.25) is 0 Å². The number of aromatic nitrogens is 3. The topological polar surface area (TPSA) is 63.1 Å². The van der Waals surface area contributed by atoms with E-state index in [9.17, 15) is 13.6 Å². The van der Waals surface area contributed by atoms with Crippen LogP contribution >= 0.6 is 0 Å². The number of nitrogens with zero attached hydrogens (tertiary/aromatic N) is 4. The maximum absolute atomic E-state index is 13.6. The third-order valence-electron chi connectivity index (χ3n) is 9.59. The molecule has 0 bridgehead atoms. The molecule has 3 saturated carbocycles. The first-order valence-electron chi connectivity index (χ1n) is 13.2. The quantitative estimate of drug-likeness (QED) is 0.618. The molecule has 3 aliphatic carbocycles. The molecule has 5 atom stereocenters. The van der Waals surface area contributed by atoms with Gasteiger partial charge in [0, 0.05) is 48.8 Å². The Hall–Kier alpha value is -2.35. The van der Waals surface area contributed by atoms with Crippen molar-refractivity contribution in [3.63, 3.8) is 0 Å². The first-order chi connectivity index (χ1) is 16.8. The Kier molecular flexibility index (Phi) is 5.51. The molecule has 4 unspecified atom stereocenters. The molecule has 1 amide bonds. The van der Waals surface area contributed by atoms with Crippen molar-refractivity contribution in [2.45, 2.75) is 95.3 Å². The van der Waals surface area contributed by atoms with E-state index in [4.69, 9.17) is 0 Å². The van der Waals surface area contributed by atoms with E-state index in [0.717, 1.165) is 36.6 Å². The van der Waals surface area contributed by atoms with Gasteiger partial charge in [-0.2, -0.15) is 0 Å². The summed E-state index contributed by atoms with van der Waals surface area (Å²) in [5.74, 6) is -0.981. The highest BCUT2D eigenvalue weighted by Gasteiger charge is 2.75. The Bertz CT molecular complexity index is 1070. The number of nitrogens with one attached hydrogen (secondary N) is 1. The zero-order valence-electron chi connectivity index (χ0n) is 20.6. The molecule has 1 spiro atoms. The molecule has 0 radical (unpaired) electrons. The monoisotopic (exact) mass is 483 g/mol. The molecule has 1 aliphatic heterocycles. The van der Waals surface area contributed by atoms with Crippen molar-refractivity contribution in [1.29, 1.82) is 0 Å². The van der Waals surface area contributed by atoms with Crippen molar-refractivity contribution in [3.8, 4) is 0 Å². The SMILES string of the molecule is Cc1nnc(C)n1C1CC2N(CC[C@H](NC(=O)C3CCC(F)(F)CC3)c3ccccc3)C3CCC321. The lowest BCUT2D eigenvalue weighted by Crippen LogP contribution is -2.85. The van der Waals surface area contributed by atoms with Crippen molar-refractivity contribution in [2.75, 3.05) is 6.54 Å². The minimum atomic E-state index is -2.62. The largest absolute Gasteiger partial charge is 0.349 e. The van der Waals surface area contributed by atoms with Gasteiger partial charge in [-0.15, -0.1) is 10.2 Å². The summed E-state index contributed by atoms with van der Waals surface area (Å²) in [4.78, 5) is 15.7. The number of alkyl halides is 2. The van der Waals surface area contributed by atoms with Crippen LogP contribution in [0.1, 0.15) is 80.7 Å². The van der Waals surface area contributed by atoms with Crippen molar-refractivity contribution in [2.24, 2.45) is 11.3 Å². The lowest BCUT2D eigenvalue weighted by Gasteiger charge is -2.80. The highest BCUT2D eigenvalue weighted by molar-refractivity contribution is 5.79. The molecule has 8 heteroatoms. The molecule has 4 fully saturated rings. The fraction of sp³-hybridized carbons (Fsp3) is 0.667. The first kappa shape index (κ1) is 23.1. The summed E-state index contributed by atoms with van der Waals surface area (Å²) < 4.78 is 29.5. The molecule has 1 N–H and O–H groups in total. The normalized spacial score (nSPS) is 32.4. The minimum Gasteiger partial charge on any atom is -0.349 e. The van der Waals surface area contributed by atoms with Crippen molar-refractivity contribution >= 4 is 5.91 Å². The molecular weight excluding hydrogens is 448 g/mol. The number of rotatable bonds is 7. The number of carbonyl (C=O) groups is 1. The van der Waals surface area contributed by atoms with Crippen molar-refractivity contribution in [1.82, 2.24) is 25.0 Å². The summed E-state index contributed by atoms with van der Waals surface area (Å²) in [6.45, 7) is 5.04. The van der Waals surface area contributed by atoms with Crippen molar-refractivity contribution in [3.05, 3.63) is 47.5 Å². The molecule has 6 nitrogen and oxygen atoms in total. The second-order valence-electron chi connectivity index (χ2n) is 11.2. The van der Waals surface area contributed by atoms with Gasteiger partial charge in [0.05, 0.1) is 6.04 Å². The van der Waals surface area contributed by atoms with Crippen LogP contribution in [0.15, 0.2) is 30.3 Å². The maximum atomic E-state index is 13.6. The molecular formula is C27H35F2N5O. The molecule has 35 heavy (non-hydrogen) atoms. The van der Waals surface area contributed by atoms with Crippen LogP contribution in [0, 0.1) is 25.2 Å². The van der Waals surface area contributed by atoms with Gasteiger partial charge >= 0.3 is 0 Å². The van der Waals surface area contributed by atoms with Gasteiger partial charge in [0.25, 0.3) is 0 Å². The third kappa shape index (κ3) is 3.62. The summed E-state index contributed by atoms with van der Waals surface area (Å²) in [5, 5.41) is 11.8. The minimum absolute atomic E-state index is 0.0711. The number of likely N-dealkylation sites (tertiary alicyclic amines) is 1. The molecule has 1 aromatic carbocycles. The summed E-state index contributed by atoms with van der Waals surface area (Å²) >= 11 is 0. The molecule has 1 aromatic heterocycles. The Morgan fingerprint density at radius 1 is 1.03 bits per heavy atom. The van der Waals surface area contributed by atoms with Gasteiger partial charge in [-0.25, -0.2) is 8.78 Å². The van der Waals surface area contributed by atoms with E-state index in [1.165, 1.54) is 12.8 Å². The smallest absolute Gasteiger partial charge is 0.248 e. The van der Waals surface area contributed by atoms with Crippen LogP contribution in [0.4, 0.5) is 8.78 Å². The van der Waals surface area contributed by atoms with Crippen LogP contribution in [0.5, 0.6) is 0 Å². The average Bonchev–Trinajstić information content (AvgIpc) is 3.13. The van der Waals surface area contributed by atoms with Crippen LogP contribution in [-0.4, -0.2) is 50.1 Å². The van der Waals surface area contributed by atoms with E-state index in [1.807, 2.05) is 18.2 Å².